The minimum atomic E-state index is -1.34. The topological polar surface area (TPSA) is 49.4 Å². The summed E-state index contributed by atoms with van der Waals surface area (Å²) < 4.78 is 28.9. The molecule has 2 saturated heterocycles. The van der Waals surface area contributed by atoms with Crippen LogP contribution in [0.15, 0.2) is 11.4 Å². The lowest BCUT2D eigenvalue weighted by atomic mass is 9.89. The van der Waals surface area contributed by atoms with Crippen LogP contribution in [0.3, 0.4) is 0 Å². The number of carbonyl (C=O) groups is 2. The van der Waals surface area contributed by atoms with Gasteiger partial charge in [-0.3, -0.25) is 9.59 Å². The number of alkyl halides is 1. The molecular weight excluding hydrogens is 350 g/mol. The summed E-state index contributed by atoms with van der Waals surface area (Å²) in [6.45, 7) is 7.56. The van der Waals surface area contributed by atoms with Crippen LogP contribution in [0.4, 0.5) is 8.78 Å². The molecule has 2 saturated carbocycles. The van der Waals surface area contributed by atoms with Gasteiger partial charge < -0.3 is 10.2 Å². The third-order valence-electron chi connectivity index (χ3n) is 7.75. The van der Waals surface area contributed by atoms with Gasteiger partial charge in [0.2, 0.25) is 5.91 Å². The zero-order chi connectivity index (χ0) is 19.7. The van der Waals surface area contributed by atoms with E-state index in [0.717, 1.165) is 19.3 Å². The molecule has 0 radical (unpaired) electrons. The third kappa shape index (κ3) is 2.90. The van der Waals surface area contributed by atoms with Crippen LogP contribution in [0.25, 0.3) is 0 Å². The van der Waals surface area contributed by atoms with Gasteiger partial charge in [0.1, 0.15) is 6.17 Å². The van der Waals surface area contributed by atoms with Crippen molar-refractivity contribution in [3.63, 3.8) is 0 Å². The van der Waals surface area contributed by atoms with Crippen LogP contribution in [-0.2, 0) is 9.59 Å². The average molecular weight is 380 g/mol. The van der Waals surface area contributed by atoms with E-state index in [1.165, 1.54) is 13.8 Å². The molecule has 4 nitrogen and oxygen atoms in total. The number of carbonyl (C=O) groups excluding carboxylic acids is 2. The molecule has 2 bridgehead atoms. The van der Waals surface area contributed by atoms with Gasteiger partial charge in [0.25, 0.3) is 5.91 Å². The van der Waals surface area contributed by atoms with E-state index in [1.54, 1.807) is 4.90 Å². The monoisotopic (exact) mass is 380 g/mol. The van der Waals surface area contributed by atoms with E-state index in [-0.39, 0.29) is 23.4 Å². The molecule has 1 N–H and O–H groups in total. The van der Waals surface area contributed by atoms with Gasteiger partial charge in [-0.2, -0.15) is 0 Å². The number of hydrogen-bond donors (Lipinski definition) is 1. The molecule has 2 heterocycles. The summed E-state index contributed by atoms with van der Waals surface area (Å²) in [6.07, 6.45) is 2.27. The average Bonchev–Trinajstić information content (AvgIpc) is 3.02. The lowest BCUT2D eigenvalue weighted by Gasteiger charge is -2.42. The van der Waals surface area contributed by atoms with E-state index in [4.69, 9.17) is 0 Å². The molecule has 2 aliphatic heterocycles. The fourth-order valence-corrected chi connectivity index (χ4v) is 6.00. The van der Waals surface area contributed by atoms with E-state index in [1.807, 2.05) is 0 Å². The molecule has 1 unspecified atom stereocenters. The Labute approximate surface area is 159 Å². The number of rotatable bonds is 3. The minimum absolute atomic E-state index is 0.0255. The summed E-state index contributed by atoms with van der Waals surface area (Å²) >= 11 is 0. The van der Waals surface area contributed by atoms with Crippen LogP contribution in [0.1, 0.15) is 59.8 Å². The summed E-state index contributed by atoms with van der Waals surface area (Å²) in [5, 5.41) is 2.52. The van der Waals surface area contributed by atoms with Crippen molar-refractivity contribution in [2.75, 3.05) is 0 Å². The molecule has 2 aliphatic carbocycles. The highest BCUT2D eigenvalue weighted by Crippen LogP contribution is 2.68. The predicted molar refractivity (Wildman–Crippen MR) is 98.1 cm³/mol. The molecule has 0 spiro atoms. The van der Waals surface area contributed by atoms with Gasteiger partial charge in [0.05, 0.1) is 12.1 Å². The standard InChI is InChI=1S/C21H30F2N2O2/c1-10(2)17(22)19(26)24-15-9-12-5-6-16(18(15)23)25(12)20(27)11-7-13-14(8-11)21(13,3)4/h11-16,18H,5-9H2,1-4H3,(H,24,26)/t11?,12-,13-,14+,15+,16+,18-/m0/s1. The highest BCUT2D eigenvalue weighted by atomic mass is 19.1. The number of amides is 2. The second-order valence-corrected chi connectivity index (χ2v) is 9.82. The Hall–Kier alpha value is -1.46. The number of nitrogens with one attached hydrogen (secondary N) is 1. The number of halogens is 2. The van der Waals surface area contributed by atoms with Gasteiger partial charge in [0, 0.05) is 12.0 Å². The van der Waals surface area contributed by atoms with Gasteiger partial charge in [-0.25, -0.2) is 8.78 Å². The van der Waals surface area contributed by atoms with Crippen LogP contribution in [0, 0.1) is 23.2 Å². The van der Waals surface area contributed by atoms with Gasteiger partial charge in [-0.15, -0.1) is 0 Å². The predicted octanol–water partition coefficient (Wildman–Crippen LogP) is 3.52. The maximum absolute atomic E-state index is 15.1. The van der Waals surface area contributed by atoms with E-state index >= 15 is 4.39 Å². The summed E-state index contributed by atoms with van der Waals surface area (Å²) in [6, 6.07) is -1.25. The van der Waals surface area contributed by atoms with Crippen molar-refractivity contribution < 1.29 is 18.4 Å². The SMILES string of the molecule is CC(C)=C(F)C(=O)N[C@@H]1C[C@@H]2CC[C@H]([C@H]1F)N2C(=O)C1C[C@@H]2[C@H](C1)C2(C)C. The van der Waals surface area contributed by atoms with Crippen molar-refractivity contribution in [3.8, 4) is 0 Å². The van der Waals surface area contributed by atoms with Crippen molar-refractivity contribution >= 4 is 11.8 Å². The van der Waals surface area contributed by atoms with Crippen LogP contribution < -0.4 is 5.32 Å². The van der Waals surface area contributed by atoms with Crippen molar-refractivity contribution in [1.29, 1.82) is 0 Å². The fraction of sp³-hybridized carbons (Fsp3) is 0.810. The second-order valence-electron chi connectivity index (χ2n) is 9.82. The number of hydrogen-bond acceptors (Lipinski definition) is 2. The molecule has 4 aliphatic rings. The molecule has 4 fully saturated rings. The zero-order valence-electron chi connectivity index (χ0n) is 16.6. The highest BCUT2D eigenvalue weighted by Gasteiger charge is 2.64. The van der Waals surface area contributed by atoms with Gasteiger partial charge in [0.15, 0.2) is 5.83 Å². The first-order valence-electron chi connectivity index (χ1n) is 10.2. The van der Waals surface area contributed by atoms with Gasteiger partial charge in [-0.05, 0) is 68.8 Å². The largest absolute Gasteiger partial charge is 0.344 e. The molecule has 0 aromatic carbocycles. The summed E-state index contributed by atoms with van der Waals surface area (Å²) in [7, 11) is 0. The summed E-state index contributed by atoms with van der Waals surface area (Å²) in [5.41, 5.74) is 0.645. The number of nitrogens with zero attached hydrogens (tertiary/aromatic N) is 1. The third-order valence-corrected chi connectivity index (χ3v) is 7.75. The fourth-order valence-electron chi connectivity index (χ4n) is 6.00. The van der Waals surface area contributed by atoms with E-state index in [0.29, 0.717) is 30.1 Å². The van der Waals surface area contributed by atoms with E-state index in [2.05, 4.69) is 19.2 Å². The normalized spacial score (nSPS) is 41.1. The molecule has 0 aromatic heterocycles. The summed E-state index contributed by atoms with van der Waals surface area (Å²) in [4.78, 5) is 26.9. The molecule has 150 valence electrons. The number of fused-ring (bicyclic) bond motifs is 3. The summed E-state index contributed by atoms with van der Waals surface area (Å²) in [5.74, 6) is -0.296. The smallest absolute Gasteiger partial charge is 0.280 e. The van der Waals surface area contributed by atoms with Crippen LogP contribution in [0.5, 0.6) is 0 Å². The van der Waals surface area contributed by atoms with E-state index < -0.39 is 30.0 Å². The molecule has 4 rings (SSSR count). The first kappa shape index (κ1) is 18.9. The quantitative estimate of drug-likeness (QED) is 0.762. The van der Waals surface area contributed by atoms with Crippen molar-refractivity contribution in [2.24, 2.45) is 23.2 Å². The second kappa shape index (κ2) is 6.28. The number of allylic oxidation sites excluding steroid dienone is 1. The van der Waals surface area contributed by atoms with Crippen molar-refractivity contribution in [1.82, 2.24) is 10.2 Å². The Morgan fingerprint density at radius 2 is 1.70 bits per heavy atom. The molecule has 2 amide bonds. The Morgan fingerprint density at radius 3 is 2.30 bits per heavy atom. The van der Waals surface area contributed by atoms with Gasteiger partial charge >= 0.3 is 0 Å². The highest BCUT2D eigenvalue weighted by molar-refractivity contribution is 5.92. The Kier molecular flexibility index (Phi) is 4.39. The zero-order valence-corrected chi connectivity index (χ0v) is 16.6. The maximum atomic E-state index is 15.1. The Morgan fingerprint density at radius 1 is 1.07 bits per heavy atom. The molecular formula is C21H30F2N2O2. The van der Waals surface area contributed by atoms with Crippen molar-refractivity contribution in [3.05, 3.63) is 11.4 Å². The number of piperidine rings is 1. The first-order chi connectivity index (χ1) is 12.6. The lowest BCUT2D eigenvalue weighted by Crippen LogP contribution is -2.60. The van der Waals surface area contributed by atoms with Gasteiger partial charge in [-0.1, -0.05) is 13.8 Å². The van der Waals surface area contributed by atoms with Crippen molar-refractivity contribution in [2.45, 2.75) is 84.1 Å². The van der Waals surface area contributed by atoms with E-state index in [9.17, 15) is 14.0 Å². The van der Waals surface area contributed by atoms with Crippen LogP contribution in [0.2, 0.25) is 0 Å². The molecule has 27 heavy (non-hydrogen) atoms. The molecule has 7 atom stereocenters. The molecule has 0 aromatic rings. The first-order valence-corrected chi connectivity index (χ1v) is 10.2. The lowest BCUT2D eigenvalue weighted by molar-refractivity contribution is -0.143. The van der Waals surface area contributed by atoms with Crippen LogP contribution >= 0.6 is 0 Å². The maximum Gasteiger partial charge on any atom is 0.280 e. The Bertz CT molecular complexity index is 686. The van der Waals surface area contributed by atoms with Crippen LogP contribution in [-0.4, -0.2) is 41.0 Å². The Balaban J connectivity index is 1.42. The molecule has 6 heteroatoms. The minimum Gasteiger partial charge on any atom is -0.344 e.